The topological polar surface area (TPSA) is 59.1 Å². The maximum atomic E-state index is 13.0. The number of hydrogen-bond acceptors (Lipinski definition) is 4. The quantitative estimate of drug-likeness (QED) is 0.746. The number of likely N-dealkylation sites (tertiary alicyclic amines) is 1. The van der Waals surface area contributed by atoms with E-state index < -0.39 is 0 Å². The van der Waals surface area contributed by atoms with E-state index in [9.17, 15) is 9.59 Å². The third-order valence-corrected chi connectivity index (χ3v) is 8.00. The molecule has 0 unspecified atom stereocenters. The number of morpholine rings is 1. The number of carbonyl (C=O) groups is 2. The molecule has 0 saturated carbocycles. The molecule has 0 radical (unpaired) electrons. The third kappa shape index (κ3) is 4.12. The largest absolute Gasteiger partial charge is 0.381 e. The number of fused-ring (bicyclic) bond motifs is 2. The average molecular weight is 427 g/mol. The normalized spacial score (nSPS) is 26.1. The first kappa shape index (κ1) is 21.0. The van der Waals surface area contributed by atoms with E-state index in [-0.39, 0.29) is 23.2 Å². The second-order valence-electron chi connectivity index (χ2n) is 9.68. The SMILES string of the molecule is O=C(C[C@@H]1CC2(CCN(C(=O)C3CCOCC3)CC2)c2ccccc21)N1CCOCC1. The fourth-order valence-electron chi connectivity index (χ4n) is 6.19. The van der Waals surface area contributed by atoms with Gasteiger partial charge in [0.15, 0.2) is 0 Å². The standard InChI is InChI=1S/C25H34N2O4/c28-23(26-11-15-31-16-12-26)17-20-18-25(22-4-2-1-3-21(20)22)7-9-27(10-8-25)24(29)19-5-13-30-14-6-19/h1-4,19-20H,5-18H2/t20-/m1/s1. The maximum Gasteiger partial charge on any atom is 0.225 e. The first-order chi connectivity index (χ1) is 15.2. The van der Waals surface area contributed by atoms with Crippen molar-refractivity contribution in [2.75, 3.05) is 52.6 Å². The van der Waals surface area contributed by atoms with Crippen LogP contribution in [0.2, 0.25) is 0 Å². The highest BCUT2D eigenvalue weighted by molar-refractivity contribution is 5.79. The Hall–Kier alpha value is -1.92. The van der Waals surface area contributed by atoms with E-state index in [4.69, 9.17) is 9.47 Å². The van der Waals surface area contributed by atoms with Crippen molar-refractivity contribution < 1.29 is 19.1 Å². The number of piperidine rings is 1. The lowest BCUT2D eigenvalue weighted by Crippen LogP contribution is -2.47. The predicted molar refractivity (Wildman–Crippen MR) is 117 cm³/mol. The molecule has 4 aliphatic rings. The van der Waals surface area contributed by atoms with Gasteiger partial charge in [-0.25, -0.2) is 0 Å². The molecule has 5 rings (SSSR count). The Balaban J connectivity index is 1.27. The molecule has 1 spiro atoms. The number of carbonyl (C=O) groups excluding carboxylic acids is 2. The van der Waals surface area contributed by atoms with Gasteiger partial charge in [0.25, 0.3) is 0 Å². The molecule has 6 heteroatoms. The first-order valence-corrected chi connectivity index (χ1v) is 12.0. The van der Waals surface area contributed by atoms with Gasteiger partial charge in [-0.05, 0) is 54.6 Å². The molecular formula is C25H34N2O4. The van der Waals surface area contributed by atoms with Crippen LogP contribution in [0.1, 0.15) is 55.6 Å². The van der Waals surface area contributed by atoms with Crippen LogP contribution in [0.15, 0.2) is 24.3 Å². The van der Waals surface area contributed by atoms with Gasteiger partial charge in [-0.2, -0.15) is 0 Å². The van der Waals surface area contributed by atoms with Crippen LogP contribution in [-0.2, 0) is 24.5 Å². The summed E-state index contributed by atoms with van der Waals surface area (Å²) in [6, 6.07) is 8.73. The summed E-state index contributed by atoms with van der Waals surface area (Å²) in [7, 11) is 0. The highest BCUT2D eigenvalue weighted by Crippen LogP contribution is 2.52. The molecule has 0 bridgehead atoms. The molecule has 0 N–H and O–H groups in total. The Labute approximate surface area is 184 Å². The molecule has 168 valence electrons. The highest BCUT2D eigenvalue weighted by Gasteiger charge is 2.46. The van der Waals surface area contributed by atoms with Crippen LogP contribution in [0, 0.1) is 5.92 Å². The van der Waals surface area contributed by atoms with Crippen molar-refractivity contribution in [3.63, 3.8) is 0 Å². The number of amides is 2. The van der Waals surface area contributed by atoms with E-state index in [1.54, 1.807) is 0 Å². The molecule has 6 nitrogen and oxygen atoms in total. The van der Waals surface area contributed by atoms with Crippen LogP contribution < -0.4 is 0 Å². The molecule has 3 saturated heterocycles. The molecule has 1 aromatic carbocycles. The number of hydrogen-bond donors (Lipinski definition) is 0. The molecule has 3 aliphatic heterocycles. The van der Waals surface area contributed by atoms with Gasteiger partial charge in [-0.3, -0.25) is 9.59 Å². The van der Waals surface area contributed by atoms with Crippen molar-refractivity contribution in [3.05, 3.63) is 35.4 Å². The van der Waals surface area contributed by atoms with Crippen LogP contribution in [0.4, 0.5) is 0 Å². The third-order valence-electron chi connectivity index (χ3n) is 8.00. The van der Waals surface area contributed by atoms with Crippen molar-refractivity contribution >= 4 is 11.8 Å². The number of rotatable bonds is 3. The zero-order valence-electron chi connectivity index (χ0n) is 18.4. The lowest BCUT2D eigenvalue weighted by molar-refractivity contribution is -0.140. The van der Waals surface area contributed by atoms with Gasteiger partial charge in [-0.1, -0.05) is 24.3 Å². The zero-order chi connectivity index (χ0) is 21.3. The molecule has 1 atom stereocenters. The maximum absolute atomic E-state index is 13.0. The minimum absolute atomic E-state index is 0.110. The summed E-state index contributed by atoms with van der Waals surface area (Å²) in [6.07, 6.45) is 5.33. The van der Waals surface area contributed by atoms with Gasteiger partial charge >= 0.3 is 0 Å². The molecular weight excluding hydrogens is 392 g/mol. The molecule has 3 heterocycles. The molecule has 3 fully saturated rings. The van der Waals surface area contributed by atoms with Crippen molar-refractivity contribution in [2.24, 2.45) is 5.92 Å². The molecule has 31 heavy (non-hydrogen) atoms. The smallest absolute Gasteiger partial charge is 0.225 e. The Morgan fingerprint density at radius 3 is 2.32 bits per heavy atom. The Kier molecular flexibility index (Phi) is 6.02. The zero-order valence-corrected chi connectivity index (χ0v) is 18.4. The Morgan fingerprint density at radius 2 is 1.58 bits per heavy atom. The van der Waals surface area contributed by atoms with E-state index in [2.05, 4.69) is 29.2 Å². The van der Waals surface area contributed by atoms with Crippen LogP contribution in [0.5, 0.6) is 0 Å². The van der Waals surface area contributed by atoms with Gasteiger partial charge < -0.3 is 19.3 Å². The van der Waals surface area contributed by atoms with Gasteiger partial charge in [0.2, 0.25) is 11.8 Å². The lowest BCUT2D eigenvalue weighted by Gasteiger charge is -2.42. The minimum Gasteiger partial charge on any atom is -0.381 e. The van der Waals surface area contributed by atoms with Crippen molar-refractivity contribution in [3.8, 4) is 0 Å². The fraction of sp³-hybridized carbons (Fsp3) is 0.680. The molecule has 0 aromatic heterocycles. The molecule has 1 aromatic rings. The van der Waals surface area contributed by atoms with Crippen LogP contribution in [0.25, 0.3) is 0 Å². The van der Waals surface area contributed by atoms with E-state index in [1.165, 1.54) is 11.1 Å². The first-order valence-electron chi connectivity index (χ1n) is 12.0. The average Bonchev–Trinajstić information content (AvgIpc) is 3.13. The van der Waals surface area contributed by atoms with Gasteiger partial charge in [0, 0.05) is 51.7 Å². The fourth-order valence-corrected chi connectivity index (χ4v) is 6.19. The second kappa shape index (κ2) is 8.91. The van der Waals surface area contributed by atoms with E-state index in [1.807, 2.05) is 4.90 Å². The van der Waals surface area contributed by atoms with E-state index in [0.717, 1.165) is 45.2 Å². The van der Waals surface area contributed by atoms with E-state index >= 15 is 0 Å². The second-order valence-corrected chi connectivity index (χ2v) is 9.68. The van der Waals surface area contributed by atoms with Crippen LogP contribution in [0.3, 0.4) is 0 Å². The summed E-state index contributed by atoms with van der Waals surface area (Å²) in [4.78, 5) is 30.0. The highest BCUT2D eigenvalue weighted by atomic mass is 16.5. The Morgan fingerprint density at radius 1 is 0.903 bits per heavy atom. The summed E-state index contributed by atoms with van der Waals surface area (Å²) in [6.45, 7) is 5.79. The summed E-state index contributed by atoms with van der Waals surface area (Å²) < 4.78 is 10.8. The van der Waals surface area contributed by atoms with Crippen molar-refractivity contribution in [2.45, 2.75) is 49.9 Å². The van der Waals surface area contributed by atoms with Crippen LogP contribution in [-0.4, -0.2) is 74.2 Å². The summed E-state index contributed by atoms with van der Waals surface area (Å²) in [5.74, 6) is 0.998. The number of ether oxygens (including phenoxy) is 2. The lowest BCUT2D eigenvalue weighted by atomic mass is 9.73. The van der Waals surface area contributed by atoms with E-state index in [0.29, 0.717) is 51.8 Å². The number of benzene rings is 1. The summed E-state index contributed by atoms with van der Waals surface area (Å²) in [5.41, 5.74) is 2.89. The van der Waals surface area contributed by atoms with Gasteiger partial charge in [-0.15, -0.1) is 0 Å². The predicted octanol–water partition coefficient (Wildman–Crippen LogP) is 2.71. The van der Waals surface area contributed by atoms with Gasteiger partial charge in [0.1, 0.15) is 0 Å². The van der Waals surface area contributed by atoms with Crippen molar-refractivity contribution in [1.29, 1.82) is 0 Å². The summed E-state index contributed by atoms with van der Waals surface area (Å²) in [5, 5.41) is 0. The molecule has 2 amide bonds. The summed E-state index contributed by atoms with van der Waals surface area (Å²) >= 11 is 0. The monoisotopic (exact) mass is 426 g/mol. The Bertz CT molecular complexity index is 805. The molecule has 1 aliphatic carbocycles. The van der Waals surface area contributed by atoms with Crippen LogP contribution >= 0.6 is 0 Å². The van der Waals surface area contributed by atoms with Crippen molar-refractivity contribution in [1.82, 2.24) is 9.80 Å². The minimum atomic E-state index is 0.110. The van der Waals surface area contributed by atoms with Gasteiger partial charge in [0.05, 0.1) is 13.2 Å². The number of nitrogens with zero attached hydrogens (tertiary/aromatic N) is 2.